The lowest BCUT2D eigenvalue weighted by Crippen LogP contribution is -2.30. The van der Waals surface area contributed by atoms with Crippen LogP contribution in [0, 0.1) is 0 Å². The van der Waals surface area contributed by atoms with Crippen LogP contribution < -0.4 is 15.5 Å². The maximum atomic E-state index is 4.83. The molecule has 4 aliphatic rings. The summed E-state index contributed by atoms with van der Waals surface area (Å²) >= 11 is 0. The van der Waals surface area contributed by atoms with Crippen LogP contribution in [-0.2, 0) is 28.1 Å². The lowest BCUT2D eigenvalue weighted by atomic mass is 9.73. The van der Waals surface area contributed by atoms with E-state index in [0.29, 0.717) is 0 Å². The molecule has 2 nitrogen and oxygen atoms in total. The van der Waals surface area contributed by atoms with Crippen molar-refractivity contribution < 1.29 is 0 Å². The number of para-hydroxylation sites is 2. The number of benzene rings is 7. The van der Waals surface area contributed by atoms with Crippen LogP contribution in [0.4, 0.5) is 17.1 Å². The van der Waals surface area contributed by atoms with Crippen LogP contribution in [0.5, 0.6) is 0 Å². The number of hydrogen-bond acceptors (Lipinski definition) is 1. The van der Waals surface area contributed by atoms with E-state index in [1.807, 2.05) is 0 Å². The molecular formula is C61H54N2. The van der Waals surface area contributed by atoms with Crippen LogP contribution in [0.1, 0.15) is 99.9 Å². The summed E-state index contributed by atoms with van der Waals surface area (Å²) in [5, 5.41) is 3.77. The fraction of sp³-hybridized carbons (Fsp3) is 0.213. The van der Waals surface area contributed by atoms with Gasteiger partial charge < -0.3 is 9.47 Å². The number of anilines is 3. The predicted octanol–water partition coefficient (Wildman–Crippen LogP) is 14.0. The van der Waals surface area contributed by atoms with Gasteiger partial charge in [-0.3, -0.25) is 0 Å². The molecule has 0 saturated heterocycles. The minimum absolute atomic E-state index is 0.105. The minimum atomic E-state index is -0.250. The molecule has 7 aromatic carbocycles. The molecule has 3 aliphatic carbocycles. The van der Waals surface area contributed by atoms with Gasteiger partial charge in [0.2, 0.25) is 0 Å². The first-order chi connectivity index (χ1) is 30.2. The SMILES string of the molecule is C=C1/C=c2\c(c3cc4c(cc3n2-c2ccc3c(c2)C(C)(C)c2cc(N5c6ccccc6C(C)(C)c6ccccc65)ccc2-3)C(C)(C)c2ccccc2-4)=C/Cc2ccccc2C1(C)C. The predicted molar refractivity (Wildman–Crippen MR) is 266 cm³/mol. The Bertz CT molecular complexity index is 3400. The molecular weight excluding hydrogens is 761 g/mol. The molecule has 63 heavy (non-hydrogen) atoms. The highest BCUT2D eigenvalue weighted by Gasteiger charge is 2.41. The van der Waals surface area contributed by atoms with Gasteiger partial charge in [0.25, 0.3) is 0 Å². The molecule has 8 aromatic rings. The molecule has 0 N–H and O–H groups in total. The minimum Gasteiger partial charge on any atom is -0.310 e. The summed E-state index contributed by atoms with van der Waals surface area (Å²) < 4.78 is 2.56. The van der Waals surface area contributed by atoms with E-state index in [1.165, 1.54) is 111 Å². The zero-order chi connectivity index (χ0) is 43.4. The third kappa shape index (κ3) is 5.07. The van der Waals surface area contributed by atoms with Crippen molar-refractivity contribution in [1.82, 2.24) is 4.57 Å². The van der Waals surface area contributed by atoms with Gasteiger partial charge >= 0.3 is 0 Å². The van der Waals surface area contributed by atoms with Gasteiger partial charge in [-0.25, -0.2) is 0 Å². The van der Waals surface area contributed by atoms with E-state index in [2.05, 4.69) is 223 Å². The van der Waals surface area contributed by atoms with E-state index in [0.717, 1.165) is 12.0 Å². The molecule has 0 radical (unpaired) electrons. The Labute approximate surface area is 372 Å². The third-order valence-corrected chi connectivity index (χ3v) is 15.9. The molecule has 0 spiro atoms. The summed E-state index contributed by atoms with van der Waals surface area (Å²) in [5.41, 5.74) is 22.8. The molecule has 1 aliphatic heterocycles. The molecule has 1 aromatic heterocycles. The van der Waals surface area contributed by atoms with Gasteiger partial charge in [0.1, 0.15) is 0 Å². The Morgan fingerprint density at radius 1 is 0.444 bits per heavy atom. The van der Waals surface area contributed by atoms with Crippen LogP contribution in [-0.4, -0.2) is 4.57 Å². The summed E-state index contributed by atoms with van der Waals surface area (Å²) in [6.45, 7) is 23.8. The maximum absolute atomic E-state index is 4.83. The zero-order valence-corrected chi connectivity index (χ0v) is 37.8. The van der Waals surface area contributed by atoms with Gasteiger partial charge in [0.15, 0.2) is 0 Å². The van der Waals surface area contributed by atoms with E-state index in [9.17, 15) is 0 Å². The fourth-order valence-corrected chi connectivity index (χ4v) is 12.1. The highest BCUT2D eigenvalue weighted by atomic mass is 15.2. The molecule has 0 saturated carbocycles. The normalized spacial score (nSPS) is 18.7. The Morgan fingerprint density at radius 3 is 1.63 bits per heavy atom. The lowest BCUT2D eigenvalue weighted by Gasteiger charge is -2.42. The molecule has 0 unspecified atom stereocenters. The number of aromatic nitrogens is 1. The first kappa shape index (κ1) is 38.1. The largest absolute Gasteiger partial charge is 0.310 e. The van der Waals surface area contributed by atoms with Crippen LogP contribution in [0.15, 0.2) is 158 Å². The second-order valence-corrected chi connectivity index (χ2v) is 20.7. The van der Waals surface area contributed by atoms with Crippen molar-refractivity contribution in [3.8, 4) is 27.9 Å². The van der Waals surface area contributed by atoms with Crippen molar-refractivity contribution in [2.75, 3.05) is 4.90 Å². The van der Waals surface area contributed by atoms with Gasteiger partial charge in [0, 0.05) is 43.6 Å². The number of nitrogens with zero attached hydrogens (tertiary/aromatic N) is 2. The van der Waals surface area contributed by atoms with Crippen molar-refractivity contribution in [3.63, 3.8) is 0 Å². The number of rotatable bonds is 2. The quantitative estimate of drug-likeness (QED) is 0.169. The summed E-state index contributed by atoms with van der Waals surface area (Å²) in [4.78, 5) is 2.49. The highest BCUT2D eigenvalue weighted by molar-refractivity contribution is 5.95. The first-order valence-corrected chi connectivity index (χ1v) is 22.8. The summed E-state index contributed by atoms with van der Waals surface area (Å²) in [6.07, 6.45) is 5.74. The number of fused-ring (bicyclic) bond motifs is 12. The molecule has 2 heterocycles. The molecule has 0 fully saturated rings. The first-order valence-electron chi connectivity index (χ1n) is 22.8. The summed E-state index contributed by atoms with van der Waals surface area (Å²) in [7, 11) is 0. The molecule has 0 atom stereocenters. The zero-order valence-electron chi connectivity index (χ0n) is 37.8. The Kier molecular flexibility index (Phi) is 7.69. The van der Waals surface area contributed by atoms with E-state index >= 15 is 0 Å². The molecule has 308 valence electrons. The molecule has 0 amide bonds. The Balaban J connectivity index is 1.07. The van der Waals surface area contributed by atoms with Crippen molar-refractivity contribution in [2.45, 2.75) is 83.5 Å². The maximum Gasteiger partial charge on any atom is 0.0544 e. The van der Waals surface area contributed by atoms with Gasteiger partial charge in [-0.1, -0.05) is 165 Å². The third-order valence-electron chi connectivity index (χ3n) is 15.9. The smallest absolute Gasteiger partial charge is 0.0544 e. The van der Waals surface area contributed by atoms with Gasteiger partial charge in [-0.15, -0.1) is 0 Å². The topological polar surface area (TPSA) is 8.17 Å². The van der Waals surface area contributed by atoms with Gasteiger partial charge in [0.05, 0.1) is 22.2 Å². The second kappa shape index (κ2) is 12.7. The summed E-state index contributed by atoms with van der Waals surface area (Å²) in [6, 6.07) is 55.4. The highest BCUT2D eigenvalue weighted by Crippen LogP contribution is 2.55. The fourth-order valence-electron chi connectivity index (χ4n) is 12.1. The molecule has 0 bridgehead atoms. The van der Waals surface area contributed by atoms with Crippen molar-refractivity contribution >= 4 is 40.1 Å². The lowest BCUT2D eigenvalue weighted by molar-refractivity contribution is 0.631. The van der Waals surface area contributed by atoms with E-state index in [1.54, 1.807) is 0 Å². The van der Waals surface area contributed by atoms with Crippen LogP contribution in [0.25, 0.3) is 51.0 Å². The van der Waals surface area contributed by atoms with Crippen LogP contribution in [0.2, 0.25) is 0 Å². The Morgan fingerprint density at radius 2 is 0.952 bits per heavy atom. The second-order valence-electron chi connectivity index (χ2n) is 20.7. The van der Waals surface area contributed by atoms with E-state index in [4.69, 9.17) is 6.58 Å². The van der Waals surface area contributed by atoms with Crippen molar-refractivity contribution in [2.24, 2.45) is 0 Å². The van der Waals surface area contributed by atoms with Crippen molar-refractivity contribution in [3.05, 3.63) is 213 Å². The average Bonchev–Trinajstić information content (AvgIpc) is 3.80. The molecule has 2 heteroatoms. The van der Waals surface area contributed by atoms with Gasteiger partial charge in [-0.2, -0.15) is 0 Å². The molecule has 12 rings (SSSR count). The van der Waals surface area contributed by atoms with Crippen LogP contribution >= 0.6 is 0 Å². The number of allylic oxidation sites excluding steroid dienone is 1. The van der Waals surface area contributed by atoms with Gasteiger partial charge in [-0.05, 0) is 133 Å². The van der Waals surface area contributed by atoms with E-state index < -0.39 is 0 Å². The van der Waals surface area contributed by atoms with E-state index in [-0.39, 0.29) is 21.7 Å². The standard InChI is InChI=1S/C61H54N2/c1-37-32-56-44(29-26-38-18-10-12-20-47(38)58(37,2)3)46-35-45-41-19-11-13-21-48(41)59(4,5)53(45)36-57(46)63(56)40-28-31-43-42-30-27-39(33-51(42)61(8,9)52(43)34-40)62-54-24-16-14-22-49(54)60(6,7)50-23-15-17-25-55(50)62/h10-25,27-36H,1,26H2,2-9H3/b44-29-,56-32+. The van der Waals surface area contributed by atoms with Crippen LogP contribution in [0.3, 0.4) is 0 Å². The number of hydrogen-bond donors (Lipinski definition) is 0. The monoisotopic (exact) mass is 814 g/mol. The van der Waals surface area contributed by atoms with Crippen molar-refractivity contribution in [1.29, 1.82) is 0 Å². The Hall–Kier alpha value is -6.64. The average molecular weight is 815 g/mol. The summed E-state index contributed by atoms with van der Waals surface area (Å²) in [5.74, 6) is 0.